The Morgan fingerprint density at radius 3 is 1.32 bits per heavy atom. The molecule has 0 saturated heterocycles. The summed E-state index contributed by atoms with van der Waals surface area (Å²) in [7, 11) is 25.4. The number of aliphatic hydroxyl groups is 1. The van der Waals surface area contributed by atoms with Gasteiger partial charge in [0.2, 0.25) is 0 Å². The van der Waals surface area contributed by atoms with Crippen LogP contribution in [0.5, 0.6) is 40.2 Å². The molecule has 0 aliphatic carbocycles. The van der Waals surface area contributed by atoms with Gasteiger partial charge in [0.05, 0.1) is 137 Å². The fourth-order valence-corrected chi connectivity index (χ4v) is 12.5. The number of nitro groups is 1. The number of aliphatic hydroxyl groups excluding tert-OH is 1. The molecule has 6 N–H and O–H groups in total. The van der Waals surface area contributed by atoms with Crippen LogP contribution in [0, 0.1) is 10.1 Å². The van der Waals surface area contributed by atoms with Crippen molar-refractivity contribution in [1.82, 2.24) is 39.0 Å². The standard InChI is InChI=1S/C17H13Cl3N2O3.C17H15ClN2O3.C11H14O4.C9H11ClN2O2.C8H7Cl2NO2.C7H9ClN2O.C7H7ClN2O.C7H8N2O3.CH2O3.CH4.B.Cl2O2S.2K.Li.Mn.2O.2H/c1-22-10-5-13(18)21-7-8(10)4-9(17(22)23)14-15(19)11(24-2)6-12(25-3)16(14)20;1-20-15-8-16(18)19-9-11(15)6-14(17(20)21)10-4-12(22-2)7-13(5-10)23-3;1-13-9-4-8(6-11(12)15-3)5-10(7-9)14-2;1-3-14-9(13)6-5-12-8(10)4-7(6)11-2;1-2-13-8(12)5-4-11-7(10)3-6(5)9;2*1-9-6-2-7(8)10-3-5(6)4-11;1-12-6-4-2-3-5(7(6)8)9(10)11;2-1-4-3;;;1-5(2,3)4;;;;;;;;/h4-7H,1-3H3;4-9H,1-3H3;4-5,7H,6H2,1-3H3;4-5H,3H2,1-2H3,(H,11,12);3-4H,2H2,1H3;2-3,11H,4H2,1H3,(H,9,10);2-4H,1H3,(H,9,10);2-4H,8H2,1H3;1,3H;1H4;;;;;;;;;;/q;;;;;;;;;;;;3*+1;;;;2*-1/p-1. The third kappa shape index (κ3) is 47.4. The number of carbonyl (C=O) groups excluding carboxylic acids is 5. The van der Waals surface area contributed by atoms with Crippen LogP contribution in [-0.4, -0.2) is 188 Å². The van der Waals surface area contributed by atoms with Crippen molar-refractivity contribution in [2.45, 2.75) is 34.3 Å². The molecule has 141 heavy (non-hydrogen) atoms. The number of esters is 3. The first-order chi connectivity index (χ1) is 64.5. The maximum atomic E-state index is 12.9. The molecule has 12 rings (SSSR count). The van der Waals surface area contributed by atoms with Crippen LogP contribution in [0.4, 0.5) is 28.4 Å². The van der Waals surface area contributed by atoms with E-state index >= 15 is 0 Å². The molecular weight excluding hydrogens is 2190 g/mol. The maximum absolute atomic E-state index is 12.9. The SMILES string of the molecule is C.CCOC(=O)c1cnc(Cl)cc1Cl.CCOC(=O)c1cnc(Cl)cc1NC.CNc1cc(Cl)ncc1C=O.CNc1cc(Cl)ncc1CO.COC(=O)Cc1cc(OC)cc(OC)c1.COc1cc(OC)c(Cl)c(-c2cc3cnc(Cl)cc3n(C)c2=O)c1Cl.COc1cc(OC)cc(-c2cc3cnc(Cl)cc3n(C)c2=O)c1.COc1cccc([N+](=O)[O-])c1N.O=CO[O-].O=S(=O)(Cl)Cl.[B].[H-].[H-].[K+].[K+].[Li+].[O]=[Mn]=[O]. The summed E-state index contributed by atoms with van der Waals surface area (Å²) < 4.78 is 88.4. The van der Waals surface area contributed by atoms with Crippen LogP contribution in [0.1, 0.15) is 66.3 Å². The predicted molar refractivity (Wildman–Crippen MR) is 528 cm³/mol. The summed E-state index contributed by atoms with van der Waals surface area (Å²) in [5, 5.41) is 40.5. The molecule has 0 saturated carbocycles. The second-order valence-corrected chi connectivity index (χ2v) is 32.2. The molecule has 0 aliphatic rings. The van der Waals surface area contributed by atoms with Crippen LogP contribution in [0.15, 0.2) is 156 Å². The summed E-state index contributed by atoms with van der Waals surface area (Å²) >= 11 is 51.4. The quantitative estimate of drug-likeness (QED) is 0.00407. The molecule has 0 unspecified atom stereocenters. The van der Waals surface area contributed by atoms with Crippen molar-refractivity contribution in [3.63, 3.8) is 0 Å². The number of methoxy groups -OCH3 is 8. The minimum absolute atomic E-state index is 0. The number of hydrogen-bond donors (Lipinski definition) is 5. The van der Waals surface area contributed by atoms with Gasteiger partial charge in [0.1, 0.15) is 76.7 Å². The number of hydrogen-bond acceptors (Lipinski definition) is 36. The Kier molecular flexibility index (Phi) is 73.1. The van der Waals surface area contributed by atoms with E-state index in [0.717, 1.165) is 45.0 Å². The van der Waals surface area contributed by atoms with Gasteiger partial charge in [-0.15, -0.1) is 0 Å². The van der Waals surface area contributed by atoms with E-state index in [4.69, 9.17) is 184 Å². The van der Waals surface area contributed by atoms with Gasteiger partial charge in [0.25, 0.3) is 23.3 Å². The zero-order chi connectivity index (χ0) is 103. The molecule has 39 nitrogen and oxygen atoms in total. The number of aromatic nitrogens is 8. The van der Waals surface area contributed by atoms with Crippen molar-refractivity contribution < 1.29 is 247 Å². The van der Waals surface area contributed by atoms with E-state index in [9.17, 15) is 38.9 Å². The van der Waals surface area contributed by atoms with Crippen LogP contribution >= 0.6 is 126 Å². The second-order valence-electron chi connectivity index (χ2n) is 24.9. The Morgan fingerprint density at radius 1 is 0.553 bits per heavy atom. The molecule has 748 valence electrons. The zero-order valence-electron chi connectivity index (χ0n) is 79.6. The number of fused-ring (bicyclic) bond motifs is 2. The van der Waals surface area contributed by atoms with Gasteiger partial charge in [-0.05, 0) is 104 Å². The molecule has 0 amide bonds. The van der Waals surface area contributed by atoms with E-state index in [1.54, 1.807) is 192 Å². The summed E-state index contributed by atoms with van der Waals surface area (Å²) in [6.45, 7) is 3.90. The number of benzene rings is 4. The van der Waals surface area contributed by atoms with Gasteiger partial charge in [-0.1, -0.05) is 118 Å². The van der Waals surface area contributed by atoms with E-state index < -0.39 is 39.9 Å². The normalized spacial score (nSPS) is 9.50. The number of nitrogens with one attached hydrogen (secondary N) is 3. The van der Waals surface area contributed by atoms with Crippen molar-refractivity contribution in [3.05, 3.63) is 251 Å². The van der Waals surface area contributed by atoms with Crippen molar-refractivity contribution in [2.24, 2.45) is 14.1 Å². The molecule has 4 aromatic carbocycles. The van der Waals surface area contributed by atoms with Crippen LogP contribution < -0.4 is 193 Å². The van der Waals surface area contributed by atoms with E-state index in [2.05, 4.69) is 76.8 Å². The summed E-state index contributed by atoms with van der Waals surface area (Å²) in [6.07, 6.45) is 9.85. The van der Waals surface area contributed by atoms with Gasteiger partial charge in [-0.3, -0.25) is 34.1 Å². The molecule has 0 spiro atoms. The molecule has 0 fully saturated rings. The van der Waals surface area contributed by atoms with Crippen LogP contribution in [0.2, 0.25) is 46.0 Å². The number of carbonyl (C=O) groups is 5. The van der Waals surface area contributed by atoms with Crippen LogP contribution in [-0.2, 0) is 86.6 Å². The molecular formula is C85H91BCl11K2LiMnN13O26S. The molecule has 0 atom stereocenters. The number of nitrogen functional groups attached to an aromatic ring is 1. The minimum atomic E-state index is -3.72. The number of pyridine rings is 8. The summed E-state index contributed by atoms with van der Waals surface area (Å²) in [4.78, 5) is 114. The van der Waals surface area contributed by atoms with Gasteiger partial charge in [0.15, 0.2) is 12.0 Å². The molecule has 12 aromatic rings. The first kappa shape index (κ1) is 139. The number of nitrogens with two attached hydrogens (primary N) is 1. The van der Waals surface area contributed by atoms with Gasteiger partial charge >= 0.3 is 170 Å². The first-order valence-electron chi connectivity index (χ1n) is 37.5. The summed E-state index contributed by atoms with van der Waals surface area (Å²) in [5.41, 5.74) is 13.0. The van der Waals surface area contributed by atoms with E-state index in [0.29, 0.717) is 124 Å². The Labute approximate surface area is 972 Å². The van der Waals surface area contributed by atoms with Crippen molar-refractivity contribution in [2.75, 3.05) is 113 Å². The molecule has 8 heterocycles. The van der Waals surface area contributed by atoms with Gasteiger partial charge < -0.3 is 96.3 Å². The number of halogens is 11. The fourth-order valence-electron chi connectivity index (χ4n) is 10.6. The Morgan fingerprint density at radius 2 is 0.929 bits per heavy atom. The number of aldehydes is 1. The summed E-state index contributed by atoms with van der Waals surface area (Å²) in [6, 6.07) is 29.7. The van der Waals surface area contributed by atoms with Gasteiger partial charge in [-0.25, -0.2) is 39.5 Å². The van der Waals surface area contributed by atoms with Crippen LogP contribution in [0.25, 0.3) is 44.1 Å². The molecule has 3 radical (unpaired) electrons. The average Bonchev–Trinajstić information content (AvgIpc) is 0.761. The van der Waals surface area contributed by atoms with Crippen LogP contribution in [0.3, 0.4) is 0 Å². The fraction of sp³-hybridized carbons (Fsp3) is 0.235. The number of nitrogens with zero attached hydrogens (tertiary/aromatic N) is 9. The Bertz CT molecular complexity index is 6330. The van der Waals surface area contributed by atoms with Crippen molar-refractivity contribution >= 4 is 223 Å². The number of ether oxygens (including phenoxy) is 10. The molecule has 56 heteroatoms. The number of rotatable bonds is 22. The van der Waals surface area contributed by atoms with E-state index in [-0.39, 0.29) is 214 Å². The number of anilines is 4. The first-order valence-corrected chi connectivity index (χ1v) is 45.0. The van der Waals surface area contributed by atoms with E-state index in [1.807, 2.05) is 0 Å². The Balaban J connectivity index is -0.000000372. The second kappa shape index (κ2) is 74.0. The monoisotopic (exact) mass is 2280 g/mol. The number of nitro benzene ring substituents is 1. The molecule has 8 aromatic heterocycles. The zero-order valence-corrected chi connectivity index (χ0v) is 94.2. The topological polar surface area (TPSA) is 525 Å². The predicted octanol–water partition coefficient (Wildman–Crippen LogP) is 8.23. The van der Waals surface area contributed by atoms with Gasteiger partial charge in [-0.2, -0.15) is 8.42 Å². The van der Waals surface area contributed by atoms with E-state index in [1.165, 1.54) is 69.8 Å². The van der Waals surface area contributed by atoms with Crippen molar-refractivity contribution in [3.8, 4) is 62.5 Å². The third-order valence-electron chi connectivity index (χ3n) is 16.8. The molecule has 0 aliphatic heterocycles. The summed E-state index contributed by atoms with van der Waals surface area (Å²) in [5.74, 6) is 2.42. The average molecular weight is 2280 g/mol. The molecule has 0 bridgehead atoms. The Hall–Kier alpha value is -7.94. The van der Waals surface area contributed by atoms with Crippen molar-refractivity contribution in [1.29, 1.82) is 0 Å². The van der Waals surface area contributed by atoms with Gasteiger partial charge in [0, 0.05) is 165 Å². The number of para-hydroxylation sites is 1. The third-order valence-corrected chi connectivity index (χ3v) is 19.1. The number of aryl methyl sites for hydroxylation is 2.